The molecule has 6 aromatic rings. The summed E-state index contributed by atoms with van der Waals surface area (Å²) in [5.74, 6) is 1.41. The van der Waals surface area contributed by atoms with Crippen molar-refractivity contribution in [3.05, 3.63) is 101 Å². The van der Waals surface area contributed by atoms with E-state index in [0.29, 0.717) is 15.9 Å². The number of hydrogen-bond acceptors (Lipinski definition) is 4. The van der Waals surface area contributed by atoms with Gasteiger partial charge in [-0.25, -0.2) is 9.97 Å². The molecule has 0 radical (unpaired) electrons. The van der Waals surface area contributed by atoms with Gasteiger partial charge in [0, 0.05) is 27.6 Å². The van der Waals surface area contributed by atoms with Gasteiger partial charge in [0.05, 0.1) is 21.1 Å². The molecule has 6 rings (SSSR count). The molecule has 5 nitrogen and oxygen atoms in total. The highest BCUT2D eigenvalue weighted by atomic mass is 35.5. The Kier molecular flexibility index (Phi) is 5.13. The zero-order chi connectivity index (χ0) is 23.1. The lowest BCUT2D eigenvalue weighted by Gasteiger charge is -2.11. The minimum Gasteiger partial charge on any atom is -0.340 e. The van der Waals surface area contributed by atoms with Crippen LogP contribution in [0.2, 0.25) is 10.0 Å². The van der Waals surface area contributed by atoms with Crippen molar-refractivity contribution >= 4 is 56.5 Å². The predicted octanol–water partition coefficient (Wildman–Crippen LogP) is 7.89. The molecule has 0 bridgehead atoms. The molecule has 0 saturated heterocycles. The van der Waals surface area contributed by atoms with Crippen LogP contribution in [0, 0.1) is 0 Å². The maximum absolute atomic E-state index is 6.24. The molecule has 164 valence electrons. The fourth-order valence-electron chi connectivity index (χ4n) is 3.98. The number of benzene rings is 4. The van der Waals surface area contributed by atoms with Gasteiger partial charge in [0.2, 0.25) is 0 Å². The van der Waals surface area contributed by atoms with Gasteiger partial charge in [0.25, 0.3) is 0 Å². The standard InChI is InChI=1S/C27H17Cl2N5/c28-21-12-10-17(14-22(21)29)25-20-15-18(11-13-24(20)33-34-25)30-27-19-8-4-5-9-23(19)31-26(32-27)16-6-2-1-3-7-16/h1-15H,(H,33,34)(H,30,31,32). The minimum atomic E-state index is 0.491. The van der Waals surface area contributed by atoms with Crippen LogP contribution >= 0.6 is 23.2 Å². The smallest absolute Gasteiger partial charge is 0.162 e. The fourth-order valence-corrected chi connectivity index (χ4v) is 4.28. The summed E-state index contributed by atoms with van der Waals surface area (Å²) in [7, 11) is 0. The Labute approximate surface area is 205 Å². The first-order chi connectivity index (χ1) is 16.7. The topological polar surface area (TPSA) is 66.5 Å². The van der Waals surface area contributed by atoms with Gasteiger partial charge in [0.15, 0.2) is 5.82 Å². The van der Waals surface area contributed by atoms with Gasteiger partial charge < -0.3 is 5.32 Å². The number of para-hydroxylation sites is 1. The van der Waals surface area contributed by atoms with Gasteiger partial charge >= 0.3 is 0 Å². The summed E-state index contributed by atoms with van der Waals surface area (Å²) in [6.45, 7) is 0. The molecular weight excluding hydrogens is 465 g/mol. The second kappa shape index (κ2) is 8.45. The molecule has 2 heterocycles. The van der Waals surface area contributed by atoms with Crippen molar-refractivity contribution in [1.82, 2.24) is 20.2 Å². The summed E-state index contributed by atoms with van der Waals surface area (Å²) in [5, 5.41) is 14.0. The molecule has 4 aromatic carbocycles. The number of aromatic amines is 1. The van der Waals surface area contributed by atoms with E-state index >= 15 is 0 Å². The highest BCUT2D eigenvalue weighted by Crippen LogP contribution is 2.34. The Morgan fingerprint density at radius 1 is 0.676 bits per heavy atom. The third-order valence-corrected chi connectivity index (χ3v) is 6.39. The highest BCUT2D eigenvalue weighted by molar-refractivity contribution is 6.42. The van der Waals surface area contributed by atoms with Crippen molar-refractivity contribution in [2.45, 2.75) is 0 Å². The van der Waals surface area contributed by atoms with Crippen molar-refractivity contribution in [2.24, 2.45) is 0 Å². The second-order valence-corrected chi connectivity index (χ2v) is 8.68. The SMILES string of the molecule is Clc1ccc(-c2n[nH]c3ccc(Nc4nc(-c5ccccc5)nc5ccccc45)cc23)cc1Cl. The molecule has 0 unspecified atom stereocenters. The van der Waals surface area contributed by atoms with E-state index in [1.807, 2.05) is 78.9 Å². The van der Waals surface area contributed by atoms with Crippen molar-refractivity contribution in [3.8, 4) is 22.6 Å². The Hall–Kier alpha value is -3.93. The summed E-state index contributed by atoms with van der Waals surface area (Å²) in [6, 6.07) is 29.5. The zero-order valence-corrected chi connectivity index (χ0v) is 19.3. The first-order valence-electron chi connectivity index (χ1n) is 10.7. The van der Waals surface area contributed by atoms with Crippen LogP contribution in [0.3, 0.4) is 0 Å². The largest absolute Gasteiger partial charge is 0.340 e. The Morgan fingerprint density at radius 3 is 2.35 bits per heavy atom. The van der Waals surface area contributed by atoms with E-state index in [4.69, 9.17) is 33.2 Å². The molecule has 0 aliphatic rings. The average Bonchev–Trinajstić information content (AvgIpc) is 3.29. The molecule has 0 fully saturated rings. The van der Waals surface area contributed by atoms with Crippen molar-refractivity contribution in [3.63, 3.8) is 0 Å². The zero-order valence-electron chi connectivity index (χ0n) is 17.8. The predicted molar refractivity (Wildman–Crippen MR) is 140 cm³/mol. The molecule has 2 N–H and O–H groups in total. The van der Waals surface area contributed by atoms with E-state index in [9.17, 15) is 0 Å². The summed E-state index contributed by atoms with van der Waals surface area (Å²) in [4.78, 5) is 9.63. The lowest BCUT2D eigenvalue weighted by atomic mass is 10.1. The molecule has 2 aromatic heterocycles. The molecule has 0 aliphatic heterocycles. The van der Waals surface area contributed by atoms with E-state index in [1.54, 1.807) is 6.07 Å². The van der Waals surface area contributed by atoms with E-state index in [2.05, 4.69) is 21.6 Å². The monoisotopic (exact) mass is 481 g/mol. The van der Waals surface area contributed by atoms with Gasteiger partial charge in [-0.15, -0.1) is 0 Å². The van der Waals surface area contributed by atoms with E-state index in [-0.39, 0.29) is 0 Å². The second-order valence-electron chi connectivity index (χ2n) is 7.87. The summed E-state index contributed by atoms with van der Waals surface area (Å²) in [6.07, 6.45) is 0. The average molecular weight is 482 g/mol. The minimum absolute atomic E-state index is 0.491. The number of nitrogens with one attached hydrogen (secondary N) is 2. The Bertz CT molecular complexity index is 1660. The summed E-state index contributed by atoms with van der Waals surface area (Å²) >= 11 is 12.3. The van der Waals surface area contributed by atoms with Gasteiger partial charge in [-0.05, 0) is 42.5 Å². The highest BCUT2D eigenvalue weighted by Gasteiger charge is 2.13. The van der Waals surface area contributed by atoms with Crippen LogP contribution in [-0.4, -0.2) is 20.2 Å². The first-order valence-corrected chi connectivity index (χ1v) is 11.4. The van der Waals surface area contributed by atoms with Crippen molar-refractivity contribution < 1.29 is 0 Å². The number of aromatic nitrogens is 4. The number of rotatable bonds is 4. The summed E-state index contributed by atoms with van der Waals surface area (Å²) in [5.41, 5.74) is 5.33. The van der Waals surface area contributed by atoms with E-state index < -0.39 is 0 Å². The molecule has 34 heavy (non-hydrogen) atoms. The van der Waals surface area contributed by atoms with Crippen LogP contribution in [0.1, 0.15) is 0 Å². The molecule has 0 atom stereocenters. The normalized spacial score (nSPS) is 11.2. The van der Waals surface area contributed by atoms with Gasteiger partial charge in [-0.1, -0.05) is 71.7 Å². The number of fused-ring (bicyclic) bond motifs is 2. The first kappa shape index (κ1) is 20.7. The van der Waals surface area contributed by atoms with Crippen LogP contribution < -0.4 is 5.32 Å². The number of anilines is 2. The molecule has 0 aliphatic carbocycles. The van der Waals surface area contributed by atoms with Gasteiger partial charge in [0.1, 0.15) is 11.5 Å². The van der Waals surface area contributed by atoms with Crippen LogP contribution in [-0.2, 0) is 0 Å². The number of nitrogens with zero attached hydrogens (tertiary/aromatic N) is 3. The van der Waals surface area contributed by atoms with Crippen LogP contribution in [0.15, 0.2) is 91.0 Å². The quantitative estimate of drug-likeness (QED) is 0.268. The van der Waals surface area contributed by atoms with E-state index in [1.165, 1.54) is 0 Å². The molecule has 7 heteroatoms. The fraction of sp³-hybridized carbons (Fsp3) is 0. The molecular formula is C27H17Cl2N5. The van der Waals surface area contributed by atoms with Crippen LogP contribution in [0.5, 0.6) is 0 Å². The molecule has 0 amide bonds. The molecule has 0 saturated carbocycles. The molecule has 0 spiro atoms. The van der Waals surface area contributed by atoms with Crippen LogP contribution in [0.25, 0.3) is 44.5 Å². The van der Waals surface area contributed by atoms with Gasteiger partial charge in [-0.3, -0.25) is 5.10 Å². The van der Waals surface area contributed by atoms with Crippen LogP contribution in [0.4, 0.5) is 11.5 Å². The maximum Gasteiger partial charge on any atom is 0.162 e. The Balaban J connectivity index is 1.45. The third kappa shape index (κ3) is 3.75. The lowest BCUT2D eigenvalue weighted by Crippen LogP contribution is -1.99. The maximum atomic E-state index is 6.24. The number of H-pyrrole nitrogens is 1. The van der Waals surface area contributed by atoms with Crippen molar-refractivity contribution in [1.29, 1.82) is 0 Å². The number of hydrogen-bond donors (Lipinski definition) is 2. The number of halogens is 2. The Morgan fingerprint density at radius 2 is 1.50 bits per heavy atom. The van der Waals surface area contributed by atoms with Crippen molar-refractivity contribution in [2.75, 3.05) is 5.32 Å². The van der Waals surface area contributed by atoms with E-state index in [0.717, 1.165) is 50.1 Å². The summed E-state index contributed by atoms with van der Waals surface area (Å²) < 4.78 is 0. The third-order valence-electron chi connectivity index (χ3n) is 5.65. The lowest BCUT2D eigenvalue weighted by molar-refractivity contribution is 1.12. The van der Waals surface area contributed by atoms with Gasteiger partial charge in [-0.2, -0.15) is 5.10 Å².